The van der Waals surface area contributed by atoms with Gasteiger partial charge < -0.3 is 14.6 Å². The molecule has 0 saturated carbocycles. The number of aryl methyl sites for hydroxylation is 1. The number of carbonyl (C=O) groups is 1. The maximum atomic E-state index is 13.5. The smallest absolute Gasteiger partial charge is 0.252 e. The van der Waals surface area contributed by atoms with E-state index in [-0.39, 0.29) is 11.7 Å². The van der Waals surface area contributed by atoms with Crippen LogP contribution in [0.2, 0.25) is 0 Å². The second kappa shape index (κ2) is 9.19. The number of amides is 1. The largest absolute Gasteiger partial charge is 0.379 e. The van der Waals surface area contributed by atoms with Gasteiger partial charge in [-0.2, -0.15) is 0 Å². The summed E-state index contributed by atoms with van der Waals surface area (Å²) in [5.41, 5.74) is 2.37. The lowest BCUT2D eigenvalue weighted by molar-refractivity contribution is 0.0340. The summed E-state index contributed by atoms with van der Waals surface area (Å²) in [6.45, 7) is 3.81. The molecule has 0 spiro atoms. The topological polar surface area (TPSA) is 59.4 Å². The lowest BCUT2D eigenvalue weighted by Gasteiger charge is -2.27. The number of carbonyl (C=O) groups excluding carboxylic acids is 1. The maximum Gasteiger partial charge on any atom is 0.252 e. The number of rotatable bonds is 6. The van der Waals surface area contributed by atoms with Crippen LogP contribution in [-0.2, 0) is 18.3 Å². The standard InChI is InChI=1S/C23H25FN4O2/c1-27-11-10-25-22(27)21(17-6-8-19(24)9-7-17)26-23(29)20-5-3-2-4-18(20)16-28-12-14-30-15-13-28/h2-11,21H,12-16H2,1H3,(H,26,29)/t21-/m0/s1. The number of nitrogens with one attached hydrogen (secondary N) is 1. The first-order chi connectivity index (χ1) is 14.6. The van der Waals surface area contributed by atoms with Crippen LogP contribution in [0.1, 0.15) is 33.4 Å². The van der Waals surface area contributed by atoms with Gasteiger partial charge in [-0.15, -0.1) is 0 Å². The van der Waals surface area contributed by atoms with Crippen molar-refractivity contribution in [2.24, 2.45) is 7.05 Å². The van der Waals surface area contributed by atoms with Crippen molar-refractivity contribution < 1.29 is 13.9 Å². The third-order valence-corrected chi connectivity index (χ3v) is 5.36. The van der Waals surface area contributed by atoms with Gasteiger partial charge in [-0.1, -0.05) is 30.3 Å². The van der Waals surface area contributed by atoms with Gasteiger partial charge in [-0.3, -0.25) is 9.69 Å². The average molecular weight is 408 g/mol. The zero-order valence-corrected chi connectivity index (χ0v) is 16.9. The third kappa shape index (κ3) is 4.58. The highest BCUT2D eigenvalue weighted by Crippen LogP contribution is 2.22. The number of aromatic nitrogens is 2. The van der Waals surface area contributed by atoms with E-state index >= 15 is 0 Å². The molecular formula is C23H25FN4O2. The van der Waals surface area contributed by atoms with Crippen LogP contribution in [0, 0.1) is 5.82 Å². The lowest BCUT2D eigenvalue weighted by atomic mass is 10.0. The number of morpholine rings is 1. The van der Waals surface area contributed by atoms with Crippen molar-refractivity contribution in [3.63, 3.8) is 0 Å². The van der Waals surface area contributed by atoms with Crippen molar-refractivity contribution in [3.8, 4) is 0 Å². The van der Waals surface area contributed by atoms with E-state index in [0.717, 1.165) is 24.2 Å². The molecule has 2 aromatic carbocycles. The summed E-state index contributed by atoms with van der Waals surface area (Å²) in [4.78, 5) is 20.0. The Kier molecular flexibility index (Phi) is 6.21. The highest BCUT2D eigenvalue weighted by molar-refractivity contribution is 5.96. The average Bonchev–Trinajstić information content (AvgIpc) is 3.19. The van der Waals surface area contributed by atoms with E-state index in [1.807, 2.05) is 42.1 Å². The van der Waals surface area contributed by atoms with Crippen LogP contribution in [0.25, 0.3) is 0 Å². The van der Waals surface area contributed by atoms with Gasteiger partial charge in [0, 0.05) is 44.6 Å². The predicted octanol–water partition coefficient (Wildman–Crippen LogP) is 2.91. The fourth-order valence-corrected chi connectivity index (χ4v) is 3.70. The second-order valence-corrected chi connectivity index (χ2v) is 7.40. The first-order valence-electron chi connectivity index (χ1n) is 10.0. The van der Waals surface area contributed by atoms with Gasteiger partial charge in [0.15, 0.2) is 0 Å². The molecule has 1 fully saturated rings. The maximum absolute atomic E-state index is 13.5. The van der Waals surface area contributed by atoms with E-state index in [1.54, 1.807) is 18.3 Å². The van der Waals surface area contributed by atoms with Crippen LogP contribution < -0.4 is 5.32 Å². The number of ether oxygens (including phenoxy) is 1. The minimum absolute atomic E-state index is 0.184. The van der Waals surface area contributed by atoms with E-state index < -0.39 is 6.04 Å². The van der Waals surface area contributed by atoms with Gasteiger partial charge in [0.25, 0.3) is 5.91 Å². The fourth-order valence-electron chi connectivity index (χ4n) is 3.70. The minimum atomic E-state index is -0.491. The van der Waals surface area contributed by atoms with Crippen LogP contribution in [0.4, 0.5) is 4.39 Å². The first kappa shape index (κ1) is 20.3. The van der Waals surface area contributed by atoms with Crippen molar-refractivity contribution >= 4 is 5.91 Å². The SMILES string of the molecule is Cn1ccnc1[C@@H](NC(=O)c1ccccc1CN1CCOCC1)c1ccc(F)cc1. The van der Waals surface area contributed by atoms with E-state index in [2.05, 4.69) is 15.2 Å². The van der Waals surface area contributed by atoms with Crippen LogP contribution >= 0.6 is 0 Å². The summed E-state index contributed by atoms with van der Waals surface area (Å²) >= 11 is 0. The normalized spacial score (nSPS) is 15.7. The summed E-state index contributed by atoms with van der Waals surface area (Å²) in [6.07, 6.45) is 3.51. The number of halogens is 1. The molecule has 4 rings (SSSR count). The zero-order valence-electron chi connectivity index (χ0n) is 16.9. The van der Waals surface area contributed by atoms with E-state index in [0.29, 0.717) is 31.1 Å². The molecule has 0 bridgehead atoms. The van der Waals surface area contributed by atoms with Crippen molar-refractivity contribution in [2.75, 3.05) is 26.3 Å². The first-order valence-corrected chi connectivity index (χ1v) is 10.0. The Morgan fingerprint density at radius 1 is 1.17 bits per heavy atom. The van der Waals surface area contributed by atoms with Gasteiger partial charge in [0.2, 0.25) is 0 Å². The molecule has 1 aliphatic rings. The van der Waals surface area contributed by atoms with Gasteiger partial charge in [0.1, 0.15) is 17.7 Å². The summed E-state index contributed by atoms with van der Waals surface area (Å²) in [5.74, 6) is 0.177. The predicted molar refractivity (Wildman–Crippen MR) is 111 cm³/mol. The number of hydrogen-bond donors (Lipinski definition) is 1. The highest BCUT2D eigenvalue weighted by atomic mass is 19.1. The molecule has 3 aromatic rings. The Morgan fingerprint density at radius 3 is 2.60 bits per heavy atom. The van der Waals surface area contributed by atoms with Gasteiger partial charge >= 0.3 is 0 Å². The minimum Gasteiger partial charge on any atom is -0.379 e. The number of imidazole rings is 1. The molecular weight excluding hydrogens is 383 g/mol. The summed E-state index contributed by atoms with van der Waals surface area (Å²) in [7, 11) is 1.87. The van der Waals surface area contributed by atoms with Crippen LogP contribution in [0.5, 0.6) is 0 Å². The fraction of sp³-hybridized carbons (Fsp3) is 0.304. The van der Waals surface area contributed by atoms with Gasteiger partial charge in [-0.25, -0.2) is 9.37 Å². The number of hydrogen-bond acceptors (Lipinski definition) is 4. The molecule has 1 N–H and O–H groups in total. The number of benzene rings is 2. The lowest BCUT2D eigenvalue weighted by Crippen LogP contribution is -2.37. The number of nitrogens with zero attached hydrogens (tertiary/aromatic N) is 3. The molecule has 1 amide bonds. The Morgan fingerprint density at radius 2 is 1.90 bits per heavy atom. The van der Waals surface area contributed by atoms with Gasteiger partial charge in [0.05, 0.1) is 13.2 Å². The van der Waals surface area contributed by atoms with E-state index in [1.165, 1.54) is 12.1 Å². The summed E-state index contributed by atoms with van der Waals surface area (Å²) in [5, 5.41) is 3.10. The molecule has 30 heavy (non-hydrogen) atoms. The van der Waals surface area contributed by atoms with Crippen LogP contribution in [0.3, 0.4) is 0 Å². The molecule has 1 aromatic heterocycles. The molecule has 2 heterocycles. The molecule has 7 heteroatoms. The molecule has 0 aliphatic carbocycles. The highest BCUT2D eigenvalue weighted by Gasteiger charge is 2.23. The van der Waals surface area contributed by atoms with Gasteiger partial charge in [-0.05, 0) is 29.3 Å². The molecule has 1 saturated heterocycles. The van der Waals surface area contributed by atoms with Crippen molar-refractivity contribution in [3.05, 3.63) is 89.3 Å². The Labute approximate surface area is 175 Å². The summed E-state index contributed by atoms with van der Waals surface area (Å²) < 4.78 is 20.7. The van der Waals surface area contributed by atoms with E-state index in [9.17, 15) is 9.18 Å². The Hall–Kier alpha value is -3.03. The quantitative estimate of drug-likeness (QED) is 0.681. The monoisotopic (exact) mass is 408 g/mol. The third-order valence-electron chi connectivity index (χ3n) is 5.36. The molecule has 0 radical (unpaired) electrons. The van der Waals surface area contributed by atoms with Crippen molar-refractivity contribution in [1.82, 2.24) is 19.8 Å². The van der Waals surface area contributed by atoms with E-state index in [4.69, 9.17) is 4.74 Å². The Balaban J connectivity index is 1.60. The zero-order chi connectivity index (χ0) is 20.9. The molecule has 1 atom stereocenters. The van der Waals surface area contributed by atoms with Crippen molar-refractivity contribution in [2.45, 2.75) is 12.6 Å². The van der Waals surface area contributed by atoms with Crippen LogP contribution in [0.15, 0.2) is 60.9 Å². The second-order valence-electron chi connectivity index (χ2n) is 7.40. The molecule has 0 unspecified atom stereocenters. The van der Waals surface area contributed by atoms with Crippen LogP contribution in [-0.4, -0.2) is 46.7 Å². The molecule has 1 aliphatic heterocycles. The Bertz CT molecular complexity index is 996. The molecule has 156 valence electrons. The van der Waals surface area contributed by atoms with Crippen molar-refractivity contribution in [1.29, 1.82) is 0 Å². The summed E-state index contributed by atoms with van der Waals surface area (Å²) in [6, 6.07) is 13.3. The molecule has 6 nitrogen and oxygen atoms in total.